The van der Waals surface area contributed by atoms with E-state index in [0.29, 0.717) is 16.1 Å². The molecule has 1 amide bonds. The number of nitrogens with one attached hydrogen (secondary N) is 1. The van der Waals surface area contributed by atoms with E-state index in [4.69, 9.17) is 5.26 Å². The molecule has 6 heteroatoms. The van der Waals surface area contributed by atoms with Crippen molar-refractivity contribution in [2.75, 3.05) is 11.1 Å². The maximum Gasteiger partial charge on any atom is 0.237 e. The lowest BCUT2D eigenvalue weighted by Gasteiger charge is -2.05. The number of anilines is 1. The number of halogens is 1. The third kappa shape index (κ3) is 4.23. The fourth-order valence-corrected chi connectivity index (χ4v) is 2.57. The predicted octanol–water partition coefficient (Wildman–Crippen LogP) is 2.44. The van der Waals surface area contributed by atoms with Crippen molar-refractivity contribution in [1.82, 2.24) is 0 Å². The fourth-order valence-electron chi connectivity index (χ4n) is 1.65. The molecule has 0 aliphatic heterocycles. The van der Waals surface area contributed by atoms with Crippen LogP contribution in [0.3, 0.4) is 0 Å². The summed E-state index contributed by atoms with van der Waals surface area (Å²) in [4.78, 5) is 12.2. The number of nitrogens with zero attached hydrogens (tertiary/aromatic N) is 1. The van der Waals surface area contributed by atoms with Crippen LogP contribution < -0.4 is 5.32 Å². The highest BCUT2D eigenvalue weighted by atomic mass is 32.2. The Morgan fingerprint density at radius 1 is 1.24 bits per heavy atom. The predicted molar refractivity (Wildman–Crippen MR) is 77.5 cm³/mol. The topological polar surface area (TPSA) is 70.0 Å². The van der Waals surface area contributed by atoms with Crippen molar-refractivity contribution in [3.63, 3.8) is 0 Å². The van der Waals surface area contributed by atoms with Gasteiger partial charge in [-0.2, -0.15) is 5.26 Å². The van der Waals surface area contributed by atoms with Gasteiger partial charge in [-0.3, -0.25) is 9.00 Å². The second-order valence-corrected chi connectivity index (χ2v) is 5.64. The summed E-state index contributed by atoms with van der Waals surface area (Å²) in [5.74, 6) is -1.09. The molecule has 2 rings (SSSR count). The van der Waals surface area contributed by atoms with Crippen LogP contribution in [0.5, 0.6) is 0 Å². The van der Waals surface area contributed by atoms with Gasteiger partial charge in [0.1, 0.15) is 11.6 Å². The highest BCUT2D eigenvalue weighted by molar-refractivity contribution is 7.85. The second kappa shape index (κ2) is 6.77. The van der Waals surface area contributed by atoms with Crippen molar-refractivity contribution in [2.45, 2.75) is 4.90 Å². The van der Waals surface area contributed by atoms with Crippen LogP contribution in [0.15, 0.2) is 53.4 Å². The molecule has 0 aliphatic carbocycles. The van der Waals surface area contributed by atoms with Crippen LogP contribution in [0, 0.1) is 17.1 Å². The number of carbonyl (C=O) groups is 1. The molecular formula is C15H11FN2O2S. The SMILES string of the molecule is N#Cc1cccc(NC(=O)CS(=O)c2ccc(F)cc2)c1. The number of hydrogen-bond acceptors (Lipinski definition) is 3. The first-order valence-electron chi connectivity index (χ1n) is 6.02. The summed E-state index contributed by atoms with van der Waals surface area (Å²) in [7, 11) is -1.55. The van der Waals surface area contributed by atoms with Crippen LogP contribution in [-0.2, 0) is 15.6 Å². The molecule has 1 atom stereocenters. The summed E-state index contributed by atoms with van der Waals surface area (Å²) in [6.45, 7) is 0. The standard InChI is InChI=1S/C15H11FN2O2S/c16-12-4-6-14(7-5-12)21(20)10-15(19)18-13-3-1-2-11(8-13)9-17/h1-8H,10H2,(H,18,19). The van der Waals surface area contributed by atoms with E-state index in [9.17, 15) is 13.4 Å². The molecule has 2 aromatic rings. The minimum Gasteiger partial charge on any atom is -0.325 e. The first kappa shape index (κ1) is 14.9. The molecule has 1 N–H and O–H groups in total. The van der Waals surface area contributed by atoms with Crippen molar-refractivity contribution in [3.05, 3.63) is 59.9 Å². The van der Waals surface area contributed by atoms with Crippen molar-refractivity contribution in [2.24, 2.45) is 0 Å². The molecule has 0 aromatic heterocycles. The van der Waals surface area contributed by atoms with E-state index in [2.05, 4.69) is 5.32 Å². The molecule has 0 aliphatic rings. The van der Waals surface area contributed by atoms with Crippen LogP contribution >= 0.6 is 0 Å². The van der Waals surface area contributed by atoms with Gasteiger partial charge < -0.3 is 5.32 Å². The smallest absolute Gasteiger partial charge is 0.237 e. The molecule has 0 bridgehead atoms. The van der Waals surface area contributed by atoms with Crippen LogP contribution in [0.2, 0.25) is 0 Å². The number of carbonyl (C=O) groups excluding carboxylic acids is 1. The average molecular weight is 302 g/mol. The van der Waals surface area contributed by atoms with Gasteiger partial charge in [-0.15, -0.1) is 0 Å². The Morgan fingerprint density at radius 2 is 1.95 bits per heavy atom. The summed E-state index contributed by atoms with van der Waals surface area (Å²) in [5.41, 5.74) is 0.891. The average Bonchev–Trinajstić information content (AvgIpc) is 2.47. The minimum atomic E-state index is -1.55. The van der Waals surface area contributed by atoms with Gasteiger partial charge in [-0.05, 0) is 42.5 Å². The minimum absolute atomic E-state index is 0.234. The number of nitriles is 1. The van der Waals surface area contributed by atoms with Crippen LogP contribution in [0.1, 0.15) is 5.56 Å². The first-order chi connectivity index (χ1) is 10.1. The van der Waals surface area contributed by atoms with Crippen molar-refractivity contribution >= 4 is 22.4 Å². The Balaban J connectivity index is 1.99. The molecule has 4 nitrogen and oxygen atoms in total. The second-order valence-electron chi connectivity index (χ2n) is 4.18. The Labute approximate surface area is 123 Å². The largest absolute Gasteiger partial charge is 0.325 e. The molecule has 106 valence electrons. The molecular weight excluding hydrogens is 291 g/mol. The molecule has 0 saturated heterocycles. The lowest BCUT2D eigenvalue weighted by molar-refractivity contribution is -0.113. The van der Waals surface area contributed by atoms with E-state index in [1.54, 1.807) is 18.2 Å². The molecule has 21 heavy (non-hydrogen) atoms. The van der Waals surface area contributed by atoms with Gasteiger partial charge in [0.25, 0.3) is 0 Å². The quantitative estimate of drug-likeness (QED) is 0.943. The van der Waals surface area contributed by atoms with Crippen molar-refractivity contribution < 1.29 is 13.4 Å². The number of benzene rings is 2. The highest BCUT2D eigenvalue weighted by Gasteiger charge is 2.11. The Bertz CT molecular complexity index is 723. The normalized spacial score (nSPS) is 11.4. The highest BCUT2D eigenvalue weighted by Crippen LogP contribution is 2.11. The third-order valence-corrected chi connectivity index (χ3v) is 3.94. The molecule has 0 heterocycles. The van der Waals surface area contributed by atoms with Gasteiger partial charge in [0.15, 0.2) is 0 Å². The Morgan fingerprint density at radius 3 is 2.62 bits per heavy atom. The molecule has 0 saturated carbocycles. The van der Waals surface area contributed by atoms with Gasteiger partial charge in [0.2, 0.25) is 5.91 Å². The Kier molecular flexibility index (Phi) is 4.80. The maximum atomic E-state index is 12.8. The van der Waals surface area contributed by atoms with E-state index in [1.807, 2.05) is 6.07 Å². The van der Waals surface area contributed by atoms with Gasteiger partial charge in [0.05, 0.1) is 22.4 Å². The van der Waals surface area contributed by atoms with Gasteiger partial charge in [-0.1, -0.05) is 6.07 Å². The first-order valence-corrected chi connectivity index (χ1v) is 7.34. The zero-order chi connectivity index (χ0) is 15.2. The monoisotopic (exact) mass is 302 g/mol. The molecule has 0 spiro atoms. The van der Waals surface area contributed by atoms with Crippen LogP contribution in [0.25, 0.3) is 0 Å². The summed E-state index contributed by atoms with van der Waals surface area (Å²) >= 11 is 0. The number of hydrogen-bond donors (Lipinski definition) is 1. The summed E-state index contributed by atoms with van der Waals surface area (Å²) in [6.07, 6.45) is 0. The number of rotatable bonds is 4. The molecule has 2 aromatic carbocycles. The fraction of sp³-hybridized carbons (Fsp3) is 0.0667. The van der Waals surface area contributed by atoms with Crippen molar-refractivity contribution in [3.8, 4) is 6.07 Å². The molecule has 1 unspecified atom stereocenters. The Hall–Kier alpha value is -2.52. The van der Waals surface area contributed by atoms with E-state index in [1.165, 1.54) is 30.3 Å². The molecule has 0 radical (unpaired) electrons. The lowest BCUT2D eigenvalue weighted by atomic mass is 10.2. The maximum absolute atomic E-state index is 12.8. The van der Waals surface area contributed by atoms with E-state index < -0.39 is 22.5 Å². The number of amides is 1. The zero-order valence-electron chi connectivity index (χ0n) is 10.9. The summed E-state index contributed by atoms with van der Waals surface area (Å²) in [6, 6.07) is 13.6. The third-order valence-electron chi connectivity index (χ3n) is 2.61. The van der Waals surface area contributed by atoms with Crippen LogP contribution in [-0.4, -0.2) is 15.9 Å². The van der Waals surface area contributed by atoms with E-state index >= 15 is 0 Å². The van der Waals surface area contributed by atoms with E-state index in [-0.39, 0.29) is 5.75 Å². The van der Waals surface area contributed by atoms with E-state index in [0.717, 1.165) is 0 Å². The van der Waals surface area contributed by atoms with Crippen molar-refractivity contribution in [1.29, 1.82) is 5.26 Å². The summed E-state index contributed by atoms with van der Waals surface area (Å²) < 4.78 is 24.7. The van der Waals surface area contributed by atoms with Crippen LogP contribution in [0.4, 0.5) is 10.1 Å². The van der Waals surface area contributed by atoms with Gasteiger partial charge >= 0.3 is 0 Å². The van der Waals surface area contributed by atoms with Gasteiger partial charge in [0, 0.05) is 10.6 Å². The summed E-state index contributed by atoms with van der Waals surface area (Å²) in [5, 5.41) is 11.3. The zero-order valence-corrected chi connectivity index (χ0v) is 11.7. The lowest BCUT2D eigenvalue weighted by Crippen LogP contribution is -2.19. The van der Waals surface area contributed by atoms with Gasteiger partial charge in [-0.25, -0.2) is 4.39 Å². The molecule has 0 fully saturated rings.